The van der Waals surface area contributed by atoms with Crippen LogP contribution in [0.1, 0.15) is 18.4 Å². The summed E-state index contributed by atoms with van der Waals surface area (Å²) in [6, 6.07) is 6.02. The quantitative estimate of drug-likeness (QED) is 0.753. The summed E-state index contributed by atoms with van der Waals surface area (Å²) in [5, 5.41) is 0. The van der Waals surface area contributed by atoms with Gasteiger partial charge in [-0.2, -0.15) is 0 Å². The van der Waals surface area contributed by atoms with Gasteiger partial charge in [0, 0.05) is 19.6 Å². The van der Waals surface area contributed by atoms with E-state index in [1.165, 1.54) is 12.1 Å². The Labute approximate surface area is 147 Å². The molecule has 9 heteroatoms. The van der Waals surface area contributed by atoms with E-state index in [2.05, 4.69) is 19.6 Å². The first-order chi connectivity index (χ1) is 12.4. The topological polar surface area (TPSA) is 47.5 Å². The molecule has 1 aromatic carbocycles. The van der Waals surface area contributed by atoms with Crippen LogP contribution in [0.4, 0.5) is 17.6 Å². The maximum Gasteiger partial charge on any atom is 0.573 e. The number of nitrogens with zero attached hydrogens (tertiary/aromatic N) is 3. The van der Waals surface area contributed by atoms with Gasteiger partial charge in [0.15, 0.2) is 5.82 Å². The van der Waals surface area contributed by atoms with Crippen LogP contribution in [0, 0.1) is 5.82 Å². The Kier molecular flexibility index (Phi) is 5.55. The van der Waals surface area contributed by atoms with E-state index in [0.717, 1.165) is 43.9 Å². The minimum Gasteiger partial charge on any atom is -0.460 e. The smallest absolute Gasteiger partial charge is 0.460 e. The van der Waals surface area contributed by atoms with Crippen molar-refractivity contribution in [2.24, 2.45) is 0 Å². The van der Waals surface area contributed by atoms with Crippen LogP contribution in [0.2, 0.25) is 0 Å². The van der Waals surface area contributed by atoms with E-state index < -0.39 is 12.2 Å². The van der Waals surface area contributed by atoms with Gasteiger partial charge in [0.2, 0.25) is 0 Å². The Hall–Kier alpha value is -2.42. The lowest BCUT2D eigenvalue weighted by atomic mass is 10.1. The molecule has 2 heterocycles. The second-order valence-corrected chi connectivity index (χ2v) is 5.97. The van der Waals surface area contributed by atoms with E-state index in [-0.39, 0.29) is 17.9 Å². The van der Waals surface area contributed by atoms with Crippen molar-refractivity contribution < 1.29 is 27.0 Å². The number of hydrogen-bond donors (Lipinski definition) is 0. The van der Waals surface area contributed by atoms with Crippen molar-refractivity contribution >= 4 is 0 Å². The number of halogens is 4. The molecule has 0 saturated carbocycles. The van der Waals surface area contributed by atoms with E-state index >= 15 is 0 Å². The van der Waals surface area contributed by atoms with Crippen molar-refractivity contribution in [2.75, 3.05) is 13.1 Å². The average Bonchev–Trinajstić information content (AvgIpc) is 2.59. The van der Waals surface area contributed by atoms with E-state index in [0.29, 0.717) is 6.54 Å². The molecule has 1 aliphatic rings. The van der Waals surface area contributed by atoms with Crippen molar-refractivity contribution in [1.82, 2.24) is 14.9 Å². The Balaban J connectivity index is 1.45. The highest BCUT2D eigenvalue weighted by Crippen LogP contribution is 2.24. The highest BCUT2D eigenvalue weighted by molar-refractivity contribution is 5.27. The van der Waals surface area contributed by atoms with Gasteiger partial charge in [0.05, 0.1) is 12.4 Å². The average molecular weight is 371 g/mol. The molecule has 0 amide bonds. The zero-order valence-electron chi connectivity index (χ0n) is 13.7. The molecule has 0 spiro atoms. The first-order valence-electron chi connectivity index (χ1n) is 8.09. The summed E-state index contributed by atoms with van der Waals surface area (Å²) in [6.45, 7) is 2.17. The summed E-state index contributed by atoms with van der Waals surface area (Å²) in [7, 11) is 0. The van der Waals surface area contributed by atoms with Crippen molar-refractivity contribution in [3.8, 4) is 11.8 Å². The largest absolute Gasteiger partial charge is 0.573 e. The van der Waals surface area contributed by atoms with Gasteiger partial charge in [-0.1, -0.05) is 12.1 Å². The standard InChI is InChI=1S/C17H17F4N3O2/c18-13-9-22-16(23-10-13)25-14-5-7-24(8-6-14)11-12-1-3-15(4-2-12)26-17(19,20)21/h1-4,9-10,14H,5-8,11H2. The summed E-state index contributed by atoms with van der Waals surface area (Å²) in [6.07, 6.45) is -1.09. The Morgan fingerprint density at radius 1 is 1.04 bits per heavy atom. The molecular weight excluding hydrogens is 354 g/mol. The predicted octanol–water partition coefficient (Wildman–Crippen LogP) is 3.56. The van der Waals surface area contributed by atoms with E-state index in [1.54, 1.807) is 12.1 Å². The molecule has 3 rings (SSSR count). The van der Waals surface area contributed by atoms with Gasteiger partial charge in [-0.15, -0.1) is 13.2 Å². The number of hydrogen-bond acceptors (Lipinski definition) is 5. The van der Waals surface area contributed by atoms with Crippen LogP contribution in [-0.4, -0.2) is 40.4 Å². The molecule has 26 heavy (non-hydrogen) atoms. The van der Waals surface area contributed by atoms with Crippen LogP contribution in [0.3, 0.4) is 0 Å². The van der Waals surface area contributed by atoms with Gasteiger partial charge in [0.25, 0.3) is 0 Å². The highest BCUT2D eigenvalue weighted by atomic mass is 19.4. The maximum atomic E-state index is 12.8. The summed E-state index contributed by atoms with van der Waals surface area (Å²) < 4.78 is 58.7. The SMILES string of the molecule is Fc1cnc(OC2CCN(Cc3ccc(OC(F)(F)F)cc3)CC2)nc1. The van der Waals surface area contributed by atoms with Crippen LogP contribution >= 0.6 is 0 Å². The Morgan fingerprint density at radius 3 is 2.23 bits per heavy atom. The number of ether oxygens (including phenoxy) is 2. The number of benzene rings is 1. The van der Waals surface area contributed by atoms with Crippen LogP contribution in [-0.2, 0) is 6.54 Å². The second-order valence-electron chi connectivity index (χ2n) is 5.97. The molecule has 0 radical (unpaired) electrons. The third kappa shape index (κ3) is 5.55. The normalized spacial score (nSPS) is 16.5. The van der Waals surface area contributed by atoms with Gasteiger partial charge in [-0.25, -0.2) is 14.4 Å². The van der Waals surface area contributed by atoms with E-state index in [1.807, 2.05) is 0 Å². The van der Waals surface area contributed by atoms with Gasteiger partial charge in [-0.05, 0) is 30.5 Å². The number of likely N-dealkylation sites (tertiary alicyclic amines) is 1. The van der Waals surface area contributed by atoms with Gasteiger partial charge < -0.3 is 9.47 Å². The lowest BCUT2D eigenvalue weighted by Crippen LogP contribution is -2.38. The van der Waals surface area contributed by atoms with Crippen molar-refractivity contribution in [3.63, 3.8) is 0 Å². The fraction of sp³-hybridized carbons (Fsp3) is 0.412. The lowest BCUT2D eigenvalue weighted by Gasteiger charge is -2.31. The Morgan fingerprint density at radius 2 is 1.65 bits per heavy atom. The van der Waals surface area contributed by atoms with Gasteiger partial charge in [-0.3, -0.25) is 4.90 Å². The molecule has 0 unspecified atom stereocenters. The van der Waals surface area contributed by atoms with E-state index in [9.17, 15) is 17.6 Å². The number of aromatic nitrogens is 2. The number of alkyl halides is 3. The van der Waals surface area contributed by atoms with Crippen molar-refractivity contribution in [2.45, 2.75) is 31.9 Å². The molecule has 5 nitrogen and oxygen atoms in total. The van der Waals surface area contributed by atoms with E-state index in [4.69, 9.17) is 4.74 Å². The maximum absolute atomic E-state index is 12.8. The third-order valence-electron chi connectivity index (χ3n) is 3.97. The van der Waals surface area contributed by atoms with Gasteiger partial charge in [0.1, 0.15) is 11.9 Å². The minimum atomic E-state index is -4.68. The van der Waals surface area contributed by atoms with Crippen molar-refractivity contribution in [1.29, 1.82) is 0 Å². The van der Waals surface area contributed by atoms with Crippen LogP contribution < -0.4 is 9.47 Å². The first kappa shape index (κ1) is 18.4. The summed E-state index contributed by atoms with van der Waals surface area (Å²) >= 11 is 0. The van der Waals surface area contributed by atoms with Crippen LogP contribution in [0.15, 0.2) is 36.7 Å². The molecule has 1 saturated heterocycles. The predicted molar refractivity (Wildman–Crippen MR) is 84.0 cm³/mol. The zero-order valence-corrected chi connectivity index (χ0v) is 13.7. The fourth-order valence-electron chi connectivity index (χ4n) is 2.75. The molecule has 1 fully saturated rings. The number of rotatable bonds is 5. The van der Waals surface area contributed by atoms with Crippen LogP contribution in [0.5, 0.6) is 11.8 Å². The molecule has 0 atom stereocenters. The molecule has 1 aliphatic heterocycles. The van der Waals surface area contributed by atoms with Crippen molar-refractivity contribution in [3.05, 3.63) is 48.0 Å². The summed E-state index contributed by atoms with van der Waals surface area (Å²) in [5.41, 5.74) is 0.903. The fourth-order valence-corrected chi connectivity index (χ4v) is 2.75. The summed E-state index contributed by atoms with van der Waals surface area (Å²) in [5.74, 6) is -0.744. The van der Waals surface area contributed by atoms with Gasteiger partial charge >= 0.3 is 12.4 Å². The highest BCUT2D eigenvalue weighted by Gasteiger charge is 2.31. The third-order valence-corrected chi connectivity index (χ3v) is 3.97. The molecule has 0 bridgehead atoms. The zero-order chi connectivity index (χ0) is 18.6. The minimum absolute atomic E-state index is 0.0423. The molecule has 0 aliphatic carbocycles. The summed E-state index contributed by atoms with van der Waals surface area (Å²) in [4.78, 5) is 9.74. The molecular formula is C17H17F4N3O2. The molecule has 1 aromatic heterocycles. The van der Waals surface area contributed by atoms with Crippen LogP contribution in [0.25, 0.3) is 0 Å². The molecule has 140 valence electrons. The monoisotopic (exact) mass is 371 g/mol. The molecule has 2 aromatic rings. The second kappa shape index (κ2) is 7.86. The lowest BCUT2D eigenvalue weighted by molar-refractivity contribution is -0.274. The first-order valence-corrected chi connectivity index (χ1v) is 8.09. The Bertz CT molecular complexity index is 699. The molecule has 0 N–H and O–H groups in total. The number of piperidine rings is 1.